The molecule has 1 aliphatic carbocycles. The Bertz CT molecular complexity index is 1240. The second-order valence-electron chi connectivity index (χ2n) is 10.5. The number of benzene rings is 2. The summed E-state index contributed by atoms with van der Waals surface area (Å²) in [6.45, 7) is -0.294. The van der Waals surface area contributed by atoms with Crippen molar-refractivity contribution in [2.45, 2.75) is 69.8 Å². The molecule has 1 aliphatic rings. The molecule has 2 aromatic rings. The van der Waals surface area contributed by atoms with Crippen molar-refractivity contribution in [3.8, 4) is 5.75 Å². The minimum atomic E-state index is -4.51. The van der Waals surface area contributed by atoms with Crippen LogP contribution in [0.4, 0.5) is 13.2 Å². The van der Waals surface area contributed by atoms with Gasteiger partial charge in [-0.05, 0) is 54.5 Å². The van der Waals surface area contributed by atoms with Crippen molar-refractivity contribution >= 4 is 5.97 Å². The van der Waals surface area contributed by atoms with Gasteiger partial charge in [-0.25, -0.2) is 4.84 Å². The number of carbonyl (C=O) groups is 1. The number of hydrogen-bond acceptors (Lipinski definition) is 10. The summed E-state index contributed by atoms with van der Waals surface area (Å²) in [5, 5.41) is 48.0. The summed E-state index contributed by atoms with van der Waals surface area (Å²) in [5.41, 5.74) is 0.525. The molecule has 0 aromatic heterocycles. The Balaban J connectivity index is 1.38. The Morgan fingerprint density at radius 1 is 1.02 bits per heavy atom. The predicted molar refractivity (Wildman–Crippen MR) is 150 cm³/mol. The van der Waals surface area contributed by atoms with Crippen LogP contribution in [0.1, 0.15) is 48.8 Å². The molecule has 5 atom stereocenters. The van der Waals surface area contributed by atoms with Crippen LogP contribution in [0.5, 0.6) is 5.75 Å². The molecule has 242 valence electrons. The van der Waals surface area contributed by atoms with Crippen LogP contribution in [0, 0.1) is 11.8 Å². The maximum Gasteiger partial charge on any atom is 0.416 e. The second kappa shape index (κ2) is 17.3. The summed E-state index contributed by atoms with van der Waals surface area (Å²) >= 11 is 0. The molecule has 44 heavy (non-hydrogen) atoms. The molecule has 0 saturated heterocycles. The first-order chi connectivity index (χ1) is 20.9. The van der Waals surface area contributed by atoms with Gasteiger partial charge in [-0.15, -0.1) is 0 Å². The third-order valence-electron chi connectivity index (χ3n) is 7.12. The average Bonchev–Trinajstić information content (AvgIpc) is 3.25. The lowest BCUT2D eigenvalue weighted by atomic mass is 9.89. The van der Waals surface area contributed by atoms with Gasteiger partial charge in [-0.1, -0.05) is 54.6 Å². The molecule has 0 heterocycles. The van der Waals surface area contributed by atoms with Crippen molar-refractivity contribution in [2.75, 3.05) is 6.61 Å². The van der Waals surface area contributed by atoms with Crippen molar-refractivity contribution in [3.05, 3.63) is 89.5 Å². The van der Waals surface area contributed by atoms with Crippen molar-refractivity contribution in [2.24, 2.45) is 11.8 Å². The summed E-state index contributed by atoms with van der Waals surface area (Å²) < 4.78 is 49.2. The minimum absolute atomic E-state index is 0.0312. The van der Waals surface area contributed by atoms with Crippen molar-refractivity contribution in [3.63, 3.8) is 0 Å². The number of esters is 1. The molecule has 1 saturated carbocycles. The molecular weight excluding hydrogens is 587 g/mol. The number of nitrogens with zero attached hydrogens (tertiary/aromatic N) is 1. The smallest absolute Gasteiger partial charge is 0.416 e. The number of aliphatic hydroxyl groups is 3. The van der Waals surface area contributed by atoms with Gasteiger partial charge in [0.1, 0.15) is 25.1 Å². The van der Waals surface area contributed by atoms with Gasteiger partial charge >= 0.3 is 12.1 Å². The standard InChI is InChI=1S/C31H38F3NO9/c32-31(33,34)23-9-6-10-25(16-23)42-20-24(36)13-14-27-26(28(37)17-29(27)38)11-3-1-2-4-12-30(39)43-18-21-7-5-8-22(15-21)19-44-35(40)41/h1,3,5-10,13-16,24,26-29,36-38,40-41H,2,4,11-12,17-20H2/b3-1-,14-13+/t24-,26-,27-,28+,29-/m1/s1. The molecule has 0 aliphatic heterocycles. The number of aliphatic hydroxyl groups excluding tert-OH is 3. The van der Waals surface area contributed by atoms with Crippen molar-refractivity contribution in [1.82, 2.24) is 5.39 Å². The highest BCUT2D eigenvalue weighted by molar-refractivity contribution is 5.69. The maximum absolute atomic E-state index is 12.9. The van der Waals surface area contributed by atoms with Crippen LogP contribution in [-0.2, 0) is 33.8 Å². The number of rotatable bonds is 16. The van der Waals surface area contributed by atoms with Crippen LogP contribution in [0.2, 0.25) is 0 Å². The van der Waals surface area contributed by atoms with Crippen LogP contribution >= 0.6 is 0 Å². The molecule has 5 N–H and O–H groups in total. The zero-order valence-electron chi connectivity index (χ0n) is 23.9. The van der Waals surface area contributed by atoms with Gasteiger partial charge in [-0.3, -0.25) is 15.2 Å². The number of alkyl halides is 3. The van der Waals surface area contributed by atoms with E-state index >= 15 is 0 Å². The molecule has 0 radical (unpaired) electrons. The first-order valence-corrected chi connectivity index (χ1v) is 14.1. The first kappa shape index (κ1) is 35.2. The van der Waals surface area contributed by atoms with Crippen molar-refractivity contribution < 1.29 is 58.0 Å². The molecule has 0 spiro atoms. The molecule has 0 bridgehead atoms. The normalized spacial score (nSPS) is 21.4. The van der Waals surface area contributed by atoms with Gasteiger partial charge in [0, 0.05) is 18.8 Å². The van der Waals surface area contributed by atoms with E-state index < -0.39 is 36.0 Å². The maximum atomic E-state index is 12.9. The average molecular weight is 626 g/mol. The number of unbranched alkanes of at least 4 members (excludes halogenated alkanes) is 1. The third-order valence-corrected chi connectivity index (χ3v) is 7.12. The fraction of sp³-hybridized carbons (Fsp3) is 0.452. The molecule has 10 nitrogen and oxygen atoms in total. The summed E-state index contributed by atoms with van der Waals surface area (Å²) in [4.78, 5) is 16.7. The van der Waals surface area contributed by atoms with Crippen LogP contribution in [0.15, 0.2) is 72.8 Å². The second-order valence-corrected chi connectivity index (χ2v) is 10.5. The summed E-state index contributed by atoms with van der Waals surface area (Å²) in [6.07, 6.45) is 1.52. The number of halogens is 3. The molecule has 0 unspecified atom stereocenters. The monoisotopic (exact) mass is 625 g/mol. The highest BCUT2D eigenvalue weighted by atomic mass is 19.4. The summed E-state index contributed by atoms with van der Waals surface area (Å²) in [5.74, 6) is -1.15. The van der Waals surface area contributed by atoms with E-state index in [-0.39, 0.29) is 55.7 Å². The van der Waals surface area contributed by atoms with Crippen LogP contribution in [-0.4, -0.2) is 62.0 Å². The summed E-state index contributed by atoms with van der Waals surface area (Å²) in [7, 11) is 0. The van der Waals surface area contributed by atoms with Gasteiger partial charge in [0.05, 0.1) is 29.8 Å². The van der Waals surface area contributed by atoms with Gasteiger partial charge < -0.3 is 24.8 Å². The number of ether oxygens (including phenoxy) is 2. The number of allylic oxidation sites excluding steroid dienone is 2. The number of carbonyl (C=O) groups excluding carboxylic acids is 1. The van der Waals surface area contributed by atoms with Gasteiger partial charge in [0.15, 0.2) is 0 Å². The highest BCUT2D eigenvalue weighted by Gasteiger charge is 2.39. The molecule has 13 heteroatoms. The SMILES string of the molecule is O=C(CCC/C=C\C[C@@H]1[C@@H](/C=C/[C@@H](O)COc2cccc(C(F)(F)F)c2)[C@H](O)C[C@@H]1O)OCc1cccc(CON(O)O)c1. The van der Waals surface area contributed by atoms with Crippen LogP contribution in [0.25, 0.3) is 0 Å². The van der Waals surface area contributed by atoms with E-state index in [9.17, 15) is 33.3 Å². The predicted octanol–water partition coefficient (Wildman–Crippen LogP) is 4.73. The molecule has 1 fully saturated rings. The lowest BCUT2D eigenvalue weighted by Gasteiger charge is -2.19. The zero-order chi connectivity index (χ0) is 32.1. The molecule has 2 aromatic carbocycles. The molecule has 3 rings (SSSR count). The van der Waals surface area contributed by atoms with Crippen molar-refractivity contribution in [1.29, 1.82) is 0 Å². The Labute approximate surface area is 253 Å². The quantitative estimate of drug-likeness (QED) is 0.0767. The first-order valence-electron chi connectivity index (χ1n) is 14.1. The van der Waals surface area contributed by atoms with Gasteiger partial charge in [0.25, 0.3) is 0 Å². The lowest BCUT2D eigenvalue weighted by Crippen LogP contribution is -2.21. The van der Waals surface area contributed by atoms with E-state index in [2.05, 4.69) is 4.84 Å². The van der Waals surface area contributed by atoms with E-state index in [1.807, 2.05) is 12.2 Å². The third kappa shape index (κ3) is 12.0. The van der Waals surface area contributed by atoms with E-state index in [0.717, 1.165) is 17.7 Å². The van der Waals surface area contributed by atoms with E-state index in [1.54, 1.807) is 30.3 Å². The molecule has 0 amide bonds. The zero-order valence-corrected chi connectivity index (χ0v) is 23.9. The van der Waals surface area contributed by atoms with Gasteiger partial charge in [0.2, 0.25) is 0 Å². The number of hydrogen-bond donors (Lipinski definition) is 5. The Hall–Kier alpha value is -3.30. The lowest BCUT2D eigenvalue weighted by molar-refractivity contribution is -0.497. The fourth-order valence-corrected chi connectivity index (χ4v) is 4.88. The highest BCUT2D eigenvalue weighted by Crippen LogP contribution is 2.36. The molecular formula is C31H38F3NO9. The van der Waals surface area contributed by atoms with Gasteiger partial charge in [-0.2, -0.15) is 13.2 Å². The topological polar surface area (TPSA) is 149 Å². The van der Waals surface area contributed by atoms with Crippen LogP contribution in [0.3, 0.4) is 0 Å². The van der Waals surface area contributed by atoms with E-state index in [4.69, 9.17) is 19.9 Å². The fourth-order valence-electron chi connectivity index (χ4n) is 4.88. The summed E-state index contributed by atoms with van der Waals surface area (Å²) in [6, 6.07) is 11.3. The van der Waals surface area contributed by atoms with E-state index in [0.29, 0.717) is 24.8 Å². The van der Waals surface area contributed by atoms with E-state index in [1.165, 1.54) is 18.2 Å². The Morgan fingerprint density at radius 3 is 2.48 bits per heavy atom. The minimum Gasteiger partial charge on any atom is -0.491 e. The Kier molecular flexibility index (Phi) is 13.8. The Morgan fingerprint density at radius 2 is 1.75 bits per heavy atom. The largest absolute Gasteiger partial charge is 0.491 e. The van der Waals surface area contributed by atoms with Crippen LogP contribution < -0.4 is 4.74 Å².